The third-order valence-electron chi connectivity index (χ3n) is 5.43. The lowest BCUT2D eigenvalue weighted by Crippen LogP contribution is -2.39. The van der Waals surface area contributed by atoms with Crippen LogP contribution in [0.3, 0.4) is 0 Å². The van der Waals surface area contributed by atoms with Crippen LogP contribution in [0.4, 0.5) is 5.69 Å². The Bertz CT molecular complexity index is 1610. The summed E-state index contributed by atoms with van der Waals surface area (Å²) in [6, 6.07) is 19.1. The fourth-order valence-corrected chi connectivity index (χ4v) is 5.31. The number of rotatable bonds is 9. The minimum Gasteiger partial charge on any atom is -0.497 e. The first-order valence-electron chi connectivity index (χ1n) is 11.1. The summed E-state index contributed by atoms with van der Waals surface area (Å²) in [4.78, 5) is 17.1. The molecule has 4 rings (SSSR count). The maximum absolute atomic E-state index is 13.5. The number of fused-ring (bicyclic) bond motifs is 1. The molecule has 0 aliphatic rings. The van der Waals surface area contributed by atoms with E-state index in [1.807, 2.05) is 6.07 Å². The molecule has 0 radical (unpaired) electrons. The van der Waals surface area contributed by atoms with Crippen molar-refractivity contribution in [1.29, 1.82) is 0 Å². The zero-order chi connectivity index (χ0) is 27.3. The van der Waals surface area contributed by atoms with Gasteiger partial charge in [0, 0.05) is 22.0 Å². The SMILES string of the molecule is COc1ccc(S(=O)(=O)N(CC(=O)N/N=C\c2cc3ccc(OC)cc3nc2Cl)c2cccc(Cl)c2)cc1. The number of amides is 1. The molecular weight excluding hydrogens is 551 g/mol. The summed E-state index contributed by atoms with van der Waals surface area (Å²) in [5.74, 6) is 0.447. The Hall–Kier alpha value is -3.86. The molecule has 0 unspecified atom stereocenters. The highest BCUT2D eigenvalue weighted by atomic mass is 35.5. The van der Waals surface area contributed by atoms with Crippen LogP contribution in [0.2, 0.25) is 10.2 Å². The Morgan fingerprint density at radius 2 is 1.71 bits per heavy atom. The number of methoxy groups -OCH3 is 2. The number of halogens is 2. The van der Waals surface area contributed by atoms with Gasteiger partial charge in [-0.05, 0) is 60.7 Å². The fraction of sp³-hybridized carbons (Fsp3) is 0.115. The molecule has 1 heterocycles. The molecule has 3 aromatic carbocycles. The van der Waals surface area contributed by atoms with Crippen LogP contribution in [0.5, 0.6) is 11.5 Å². The predicted molar refractivity (Wildman–Crippen MR) is 148 cm³/mol. The van der Waals surface area contributed by atoms with E-state index in [0.717, 1.165) is 9.69 Å². The van der Waals surface area contributed by atoms with Crippen LogP contribution in [0.1, 0.15) is 5.56 Å². The third kappa shape index (κ3) is 6.16. The molecule has 9 nitrogen and oxygen atoms in total. The highest BCUT2D eigenvalue weighted by Crippen LogP contribution is 2.27. The molecular formula is C26H22Cl2N4O5S. The predicted octanol–water partition coefficient (Wildman–Crippen LogP) is 4.90. The summed E-state index contributed by atoms with van der Waals surface area (Å²) in [7, 11) is -1.10. The van der Waals surface area contributed by atoms with E-state index in [1.54, 1.807) is 43.5 Å². The summed E-state index contributed by atoms with van der Waals surface area (Å²) in [5.41, 5.74) is 3.65. The number of ether oxygens (including phenoxy) is 2. The molecule has 0 saturated carbocycles. The van der Waals surface area contributed by atoms with Crippen molar-refractivity contribution in [1.82, 2.24) is 10.4 Å². The molecule has 4 aromatic rings. The Morgan fingerprint density at radius 3 is 2.39 bits per heavy atom. The molecule has 1 amide bonds. The van der Waals surface area contributed by atoms with Gasteiger partial charge in [0.1, 0.15) is 23.2 Å². The van der Waals surface area contributed by atoms with Gasteiger partial charge < -0.3 is 9.47 Å². The molecule has 12 heteroatoms. The molecule has 0 spiro atoms. The number of sulfonamides is 1. The summed E-state index contributed by atoms with van der Waals surface area (Å²) < 4.78 is 38.2. The first kappa shape index (κ1) is 27.2. The van der Waals surface area contributed by atoms with Crippen LogP contribution < -0.4 is 19.2 Å². The smallest absolute Gasteiger partial charge is 0.264 e. The zero-order valence-corrected chi connectivity index (χ0v) is 22.6. The van der Waals surface area contributed by atoms with E-state index in [-0.39, 0.29) is 15.7 Å². The van der Waals surface area contributed by atoms with E-state index >= 15 is 0 Å². The third-order valence-corrected chi connectivity index (χ3v) is 7.76. The largest absolute Gasteiger partial charge is 0.497 e. The Balaban J connectivity index is 1.56. The van der Waals surface area contributed by atoms with Crippen molar-refractivity contribution in [2.75, 3.05) is 25.1 Å². The van der Waals surface area contributed by atoms with Gasteiger partial charge >= 0.3 is 0 Å². The number of aromatic nitrogens is 1. The van der Waals surface area contributed by atoms with E-state index < -0.39 is 22.5 Å². The molecule has 0 fully saturated rings. The van der Waals surface area contributed by atoms with E-state index in [1.165, 1.54) is 43.7 Å². The van der Waals surface area contributed by atoms with Gasteiger partial charge in [-0.15, -0.1) is 0 Å². The standard InChI is InChI=1S/C26H22Cl2N4O5S/c1-36-21-8-10-23(11-9-21)38(34,35)32(20-5-3-4-19(27)13-20)16-25(33)31-29-15-18-12-17-6-7-22(37-2)14-24(17)30-26(18)28/h3-15H,16H2,1-2H3,(H,31,33)/b29-15-. The lowest BCUT2D eigenvalue weighted by atomic mass is 10.1. The summed E-state index contributed by atoms with van der Waals surface area (Å²) in [6.45, 7) is -0.560. The fourth-order valence-electron chi connectivity index (χ4n) is 3.52. The molecule has 0 aliphatic carbocycles. The monoisotopic (exact) mass is 572 g/mol. The van der Waals surface area contributed by atoms with Crippen LogP contribution >= 0.6 is 23.2 Å². The number of hydrogen-bond donors (Lipinski definition) is 1. The number of carbonyl (C=O) groups is 1. The number of anilines is 1. The van der Waals surface area contributed by atoms with Crippen molar-refractivity contribution in [3.8, 4) is 11.5 Å². The molecule has 0 atom stereocenters. The van der Waals surface area contributed by atoms with E-state index in [9.17, 15) is 13.2 Å². The first-order chi connectivity index (χ1) is 18.2. The Labute approximate surface area is 229 Å². The minimum atomic E-state index is -4.14. The zero-order valence-electron chi connectivity index (χ0n) is 20.3. The van der Waals surface area contributed by atoms with Gasteiger partial charge in [-0.2, -0.15) is 5.10 Å². The van der Waals surface area contributed by atoms with Gasteiger partial charge in [0.25, 0.3) is 15.9 Å². The van der Waals surface area contributed by atoms with Crippen LogP contribution in [0.25, 0.3) is 10.9 Å². The van der Waals surface area contributed by atoms with Gasteiger partial charge in [-0.1, -0.05) is 29.3 Å². The minimum absolute atomic E-state index is 0.0276. The number of pyridine rings is 1. The number of benzene rings is 3. The quantitative estimate of drug-likeness (QED) is 0.173. The van der Waals surface area contributed by atoms with Crippen molar-refractivity contribution in [3.05, 3.63) is 88.5 Å². The van der Waals surface area contributed by atoms with Gasteiger partial charge in [0.15, 0.2) is 0 Å². The van der Waals surface area contributed by atoms with Crippen LogP contribution in [-0.2, 0) is 14.8 Å². The second-order valence-electron chi connectivity index (χ2n) is 7.89. The number of hydrazone groups is 1. The van der Waals surface area contributed by atoms with Crippen molar-refractivity contribution < 1.29 is 22.7 Å². The van der Waals surface area contributed by atoms with Crippen LogP contribution in [-0.4, -0.2) is 46.3 Å². The molecule has 0 saturated heterocycles. The second kappa shape index (κ2) is 11.7. The normalized spacial score (nSPS) is 11.5. The second-order valence-corrected chi connectivity index (χ2v) is 10.5. The number of hydrogen-bond acceptors (Lipinski definition) is 7. The van der Waals surface area contributed by atoms with E-state index in [0.29, 0.717) is 27.6 Å². The van der Waals surface area contributed by atoms with Crippen LogP contribution in [0.15, 0.2) is 82.8 Å². The lowest BCUT2D eigenvalue weighted by molar-refractivity contribution is -0.119. The Kier molecular flexibility index (Phi) is 8.35. The Morgan fingerprint density at radius 1 is 1.00 bits per heavy atom. The molecule has 1 N–H and O–H groups in total. The van der Waals surface area contributed by atoms with Gasteiger partial charge in [-0.25, -0.2) is 18.8 Å². The van der Waals surface area contributed by atoms with Crippen molar-refractivity contribution in [2.24, 2.45) is 5.10 Å². The summed E-state index contributed by atoms with van der Waals surface area (Å²) in [6.07, 6.45) is 1.33. The van der Waals surface area contributed by atoms with Gasteiger partial charge in [0.05, 0.1) is 36.5 Å². The van der Waals surface area contributed by atoms with Crippen molar-refractivity contribution in [2.45, 2.75) is 4.90 Å². The molecule has 0 aliphatic heterocycles. The topological polar surface area (TPSA) is 110 Å². The maximum Gasteiger partial charge on any atom is 0.264 e. The molecule has 38 heavy (non-hydrogen) atoms. The van der Waals surface area contributed by atoms with Gasteiger partial charge in [-0.3, -0.25) is 9.10 Å². The number of carbonyl (C=O) groups excluding carboxylic acids is 1. The maximum atomic E-state index is 13.5. The highest BCUT2D eigenvalue weighted by molar-refractivity contribution is 7.92. The van der Waals surface area contributed by atoms with E-state index in [4.69, 9.17) is 32.7 Å². The molecule has 196 valence electrons. The number of nitrogens with zero attached hydrogens (tertiary/aromatic N) is 3. The average Bonchev–Trinajstić information content (AvgIpc) is 2.91. The molecule has 0 bridgehead atoms. The summed E-state index contributed by atoms with van der Waals surface area (Å²) >= 11 is 12.4. The lowest BCUT2D eigenvalue weighted by Gasteiger charge is -2.24. The average molecular weight is 573 g/mol. The molecule has 1 aromatic heterocycles. The first-order valence-corrected chi connectivity index (χ1v) is 13.3. The van der Waals surface area contributed by atoms with Crippen LogP contribution in [0, 0.1) is 0 Å². The van der Waals surface area contributed by atoms with Gasteiger partial charge in [0.2, 0.25) is 0 Å². The number of nitrogens with one attached hydrogen (secondary N) is 1. The van der Waals surface area contributed by atoms with E-state index in [2.05, 4.69) is 15.5 Å². The van der Waals surface area contributed by atoms with Crippen molar-refractivity contribution >= 4 is 61.9 Å². The van der Waals surface area contributed by atoms with Crippen molar-refractivity contribution in [3.63, 3.8) is 0 Å². The summed E-state index contributed by atoms with van der Waals surface area (Å²) in [5, 5.41) is 5.22. The highest BCUT2D eigenvalue weighted by Gasteiger charge is 2.27.